The van der Waals surface area contributed by atoms with E-state index in [1.54, 1.807) is 30.3 Å². The third-order valence-electron chi connectivity index (χ3n) is 3.98. The molecule has 4 N–H and O–H groups in total. The lowest BCUT2D eigenvalue weighted by molar-refractivity contribution is -0.147. The maximum atomic E-state index is 12.1. The Labute approximate surface area is 168 Å². The topological polar surface area (TPSA) is 111 Å². The molecule has 0 aliphatic carbocycles. The number of nitrogens with two attached hydrogens (primary N) is 1. The van der Waals surface area contributed by atoms with E-state index < -0.39 is 30.6 Å². The highest BCUT2D eigenvalue weighted by Gasteiger charge is 2.19. The molecule has 0 fully saturated rings. The van der Waals surface area contributed by atoms with E-state index in [-0.39, 0.29) is 6.42 Å². The van der Waals surface area contributed by atoms with Gasteiger partial charge in [-0.05, 0) is 43.2 Å². The second-order valence-electron chi connectivity index (χ2n) is 6.34. The van der Waals surface area contributed by atoms with Gasteiger partial charge in [0.2, 0.25) is 0 Å². The summed E-state index contributed by atoms with van der Waals surface area (Å²) in [5.41, 5.74) is 8.46. The highest BCUT2D eigenvalue weighted by atomic mass is 35.5. The number of primary amides is 1. The second kappa shape index (κ2) is 9.75. The van der Waals surface area contributed by atoms with E-state index in [9.17, 15) is 14.4 Å². The van der Waals surface area contributed by atoms with Gasteiger partial charge in [0.25, 0.3) is 5.91 Å². The van der Waals surface area contributed by atoms with Crippen LogP contribution in [0.25, 0.3) is 0 Å². The molecule has 2 aromatic carbocycles. The Bertz CT molecular complexity index is 868. The number of halogens is 1. The number of aryl methyl sites for hydroxylation is 2. The van der Waals surface area contributed by atoms with Gasteiger partial charge in [0, 0.05) is 10.7 Å². The van der Waals surface area contributed by atoms with E-state index in [1.807, 2.05) is 26.0 Å². The van der Waals surface area contributed by atoms with Gasteiger partial charge in [-0.25, -0.2) is 4.79 Å². The van der Waals surface area contributed by atoms with Crippen LogP contribution in [0, 0.1) is 13.8 Å². The fourth-order valence-electron chi connectivity index (χ4n) is 2.63. The lowest BCUT2D eigenvalue weighted by atomic mass is 10.0. The van der Waals surface area contributed by atoms with Gasteiger partial charge < -0.3 is 21.1 Å². The van der Waals surface area contributed by atoms with Crippen LogP contribution in [0.15, 0.2) is 42.5 Å². The first kappa shape index (κ1) is 21.2. The second-order valence-corrected chi connectivity index (χ2v) is 6.78. The Hall–Kier alpha value is -3.06. The van der Waals surface area contributed by atoms with Gasteiger partial charge in [-0.1, -0.05) is 41.4 Å². The van der Waals surface area contributed by atoms with Crippen molar-refractivity contribution in [2.24, 2.45) is 5.73 Å². The number of amides is 3. The third kappa shape index (κ3) is 6.59. The molecule has 2 aromatic rings. The molecule has 0 aliphatic rings. The van der Waals surface area contributed by atoms with Crippen LogP contribution in [0.4, 0.5) is 10.5 Å². The third-order valence-corrected chi connectivity index (χ3v) is 4.23. The molecule has 0 aromatic heterocycles. The molecule has 28 heavy (non-hydrogen) atoms. The van der Waals surface area contributed by atoms with Crippen LogP contribution in [0.3, 0.4) is 0 Å². The molecule has 8 heteroatoms. The van der Waals surface area contributed by atoms with Crippen LogP contribution in [-0.2, 0) is 14.3 Å². The van der Waals surface area contributed by atoms with Gasteiger partial charge >= 0.3 is 12.0 Å². The van der Waals surface area contributed by atoms with Crippen LogP contribution in [0.1, 0.15) is 29.2 Å². The lowest BCUT2D eigenvalue weighted by Crippen LogP contribution is -2.35. The van der Waals surface area contributed by atoms with Crippen LogP contribution in [0.5, 0.6) is 0 Å². The van der Waals surface area contributed by atoms with Gasteiger partial charge in [0.05, 0.1) is 12.5 Å². The van der Waals surface area contributed by atoms with Gasteiger partial charge in [-0.15, -0.1) is 0 Å². The zero-order valence-corrected chi connectivity index (χ0v) is 16.4. The van der Waals surface area contributed by atoms with E-state index in [1.165, 1.54) is 0 Å². The van der Waals surface area contributed by atoms with Gasteiger partial charge in [-0.2, -0.15) is 0 Å². The predicted molar refractivity (Wildman–Crippen MR) is 107 cm³/mol. The largest absolute Gasteiger partial charge is 0.455 e. The van der Waals surface area contributed by atoms with Crippen molar-refractivity contribution in [2.45, 2.75) is 26.3 Å². The van der Waals surface area contributed by atoms with Crippen molar-refractivity contribution in [1.82, 2.24) is 5.32 Å². The van der Waals surface area contributed by atoms with E-state index in [4.69, 9.17) is 22.1 Å². The molecule has 2 rings (SSSR count). The van der Waals surface area contributed by atoms with Crippen molar-refractivity contribution in [3.8, 4) is 0 Å². The first-order valence-electron chi connectivity index (χ1n) is 8.58. The Morgan fingerprint density at radius 3 is 2.39 bits per heavy atom. The smallest absolute Gasteiger partial charge is 0.312 e. The van der Waals surface area contributed by atoms with Crippen LogP contribution >= 0.6 is 11.6 Å². The average Bonchev–Trinajstić information content (AvgIpc) is 2.62. The molecule has 0 saturated heterocycles. The van der Waals surface area contributed by atoms with Crippen molar-refractivity contribution >= 4 is 35.2 Å². The first-order chi connectivity index (χ1) is 13.2. The summed E-state index contributed by atoms with van der Waals surface area (Å²) in [6.45, 7) is 3.40. The Morgan fingerprint density at radius 2 is 1.79 bits per heavy atom. The molecule has 148 valence electrons. The zero-order chi connectivity index (χ0) is 20.7. The maximum absolute atomic E-state index is 12.1. The van der Waals surface area contributed by atoms with E-state index >= 15 is 0 Å². The Morgan fingerprint density at radius 1 is 1.11 bits per heavy atom. The summed E-state index contributed by atoms with van der Waals surface area (Å²) < 4.78 is 5.03. The summed E-state index contributed by atoms with van der Waals surface area (Å²) in [5, 5.41) is 5.70. The minimum atomic E-state index is -0.777. The molecule has 0 spiro atoms. The molecular weight excluding hydrogens is 382 g/mol. The molecule has 0 heterocycles. The number of carbonyl (C=O) groups is 3. The molecule has 7 nitrogen and oxygen atoms in total. The van der Waals surface area contributed by atoms with Crippen LogP contribution in [0.2, 0.25) is 5.02 Å². The number of hydrogen-bond donors (Lipinski definition) is 3. The van der Waals surface area contributed by atoms with E-state index in [0.717, 1.165) is 11.1 Å². The van der Waals surface area contributed by atoms with Crippen molar-refractivity contribution in [2.75, 3.05) is 11.9 Å². The maximum Gasteiger partial charge on any atom is 0.312 e. The van der Waals surface area contributed by atoms with E-state index in [0.29, 0.717) is 16.3 Å². The van der Waals surface area contributed by atoms with Crippen molar-refractivity contribution in [3.05, 3.63) is 64.2 Å². The van der Waals surface area contributed by atoms with Gasteiger partial charge in [-0.3, -0.25) is 9.59 Å². The number of nitrogens with one attached hydrogen (secondary N) is 2. The lowest BCUT2D eigenvalue weighted by Gasteiger charge is -2.17. The quantitative estimate of drug-likeness (QED) is 0.616. The molecule has 0 bridgehead atoms. The highest BCUT2D eigenvalue weighted by Crippen LogP contribution is 2.20. The fraction of sp³-hybridized carbons (Fsp3) is 0.250. The average molecular weight is 404 g/mol. The van der Waals surface area contributed by atoms with Crippen molar-refractivity contribution < 1.29 is 19.1 Å². The Balaban J connectivity index is 1.92. The number of ether oxygens (including phenoxy) is 1. The molecular formula is C20H22ClN3O4. The molecule has 0 radical (unpaired) electrons. The van der Waals surface area contributed by atoms with Crippen LogP contribution < -0.4 is 16.4 Å². The summed E-state index contributed by atoms with van der Waals surface area (Å²) in [6.07, 6.45) is -0.179. The molecule has 3 amide bonds. The minimum absolute atomic E-state index is 0.179. The number of hydrogen-bond acceptors (Lipinski definition) is 4. The van der Waals surface area contributed by atoms with Crippen molar-refractivity contribution in [3.63, 3.8) is 0 Å². The summed E-state index contributed by atoms with van der Waals surface area (Å²) in [4.78, 5) is 35.4. The number of benzene rings is 2. The number of anilines is 1. The summed E-state index contributed by atoms with van der Waals surface area (Å²) >= 11 is 5.85. The molecule has 1 atom stereocenters. The standard InChI is InChI=1S/C20H22ClN3O4/c1-12-3-8-16(13(2)9-12)23-18(25)11-28-19(26)10-17(24-20(22)27)14-4-6-15(21)7-5-14/h3-9,17H,10-11H2,1-2H3,(H,23,25)(H3,22,24,27)/t17-/m0/s1. The number of carbonyl (C=O) groups excluding carboxylic acids is 3. The summed E-state index contributed by atoms with van der Waals surface area (Å²) in [7, 11) is 0. The number of urea groups is 1. The van der Waals surface area contributed by atoms with Crippen LogP contribution in [-0.4, -0.2) is 24.5 Å². The first-order valence-corrected chi connectivity index (χ1v) is 8.96. The molecule has 0 unspecified atom stereocenters. The molecule has 0 saturated carbocycles. The fourth-order valence-corrected chi connectivity index (χ4v) is 2.76. The predicted octanol–water partition coefficient (Wildman–Crippen LogP) is 3.24. The highest BCUT2D eigenvalue weighted by molar-refractivity contribution is 6.30. The van der Waals surface area contributed by atoms with Gasteiger partial charge in [0.15, 0.2) is 6.61 Å². The SMILES string of the molecule is Cc1ccc(NC(=O)COC(=O)C[C@H](NC(N)=O)c2ccc(Cl)cc2)c(C)c1. The zero-order valence-electron chi connectivity index (χ0n) is 15.6. The van der Waals surface area contributed by atoms with Crippen molar-refractivity contribution in [1.29, 1.82) is 0 Å². The summed E-state index contributed by atoms with van der Waals surface area (Å²) in [5.74, 6) is -1.10. The summed E-state index contributed by atoms with van der Waals surface area (Å²) in [6, 6.07) is 10.7. The monoisotopic (exact) mass is 403 g/mol. The van der Waals surface area contributed by atoms with E-state index in [2.05, 4.69) is 10.6 Å². The number of esters is 1. The van der Waals surface area contributed by atoms with Gasteiger partial charge in [0.1, 0.15) is 0 Å². The number of rotatable bonds is 7. The normalized spacial score (nSPS) is 11.4. The minimum Gasteiger partial charge on any atom is -0.455 e. The Kier molecular flexibility index (Phi) is 7.40. The molecule has 0 aliphatic heterocycles.